The van der Waals surface area contributed by atoms with Crippen LogP contribution in [0.25, 0.3) is 33.4 Å². The van der Waals surface area contributed by atoms with Gasteiger partial charge >= 0.3 is 0 Å². The van der Waals surface area contributed by atoms with Crippen LogP contribution in [-0.2, 0) is 0 Å². The van der Waals surface area contributed by atoms with E-state index in [-0.39, 0.29) is 0 Å². The summed E-state index contributed by atoms with van der Waals surface area (Å²) in [4.78, 5) is 9.35. The minimum atomic E-state index is 1.02. The van der Waals surface area contributed by atoms with Crippen molar-refractivity contribution in [2.45, 2.75) is 25.7 Å². The first-order chi connectivity index (χ1) is 37.7. The van der Waals surface area contributed by atoms with Gasteiger partial charge in [-0.05, 0) is 193 Å². The number of nitrogens with zero attached hydrogens (tertiary/aromatic N) is 4. The minimum Gasteiger partial charge on any atom is -0.311 e. The number of hydrogen-bond acceptors (Lipinski definition) is 4. The van der Waals surface area contributed by atoms with E-state index in [2.05, 4.69) is 323 Å². The van der Waals surface area contributed by atoms with Crippen molar-refractivity contribution in [2.75, 3.05) is 19.6 Å². The molecule has 0 spiro atoms. The van der Waals surface area contributed by atoms with Gasteiger partial charge < -0.3 is 19.6 Å². The molecule has 10 aromatic rings. The van der Waals surface area contributed by atoms with Gasteiger partial charge in [0, 0.05) is 68.3 Å². The summed E-state index contributed by atoms with van der Waals surface area (Å²) in [5.41, 5.74) is 20.7. The van der Waals surface area contributed by atoms with Crippen LogP contribution in [0.3, 0.4) is 0 Å². The largest absolute Gasteiger partial charge is 0.311 e. The molecule has 2 aliphatic carbocycles. The van der Waals surface area contributed by atoms with Gasteiger partial charge in [-0.2, -0.15) is 0 Å². The van der Waals surface area contributed by atoms with Crippen LogP contribution in [0.5, 0.6) is 0 Å². The van der Waals surface area contributed by atoms with E-state index in [4.69, 9.17) is 0 Å². The van der Waals surface area contributed by atoms with Gasteiger partial charge in [-0.25, -0.2) is 0 Å². The van der Waals surface area contributed by atoms with Crippen LogP contribution in [0.1, 0.15) is 25.7 Å². The van der Waals surface area contributed by atoms with Crippen molar-refractivity contribution in [3.63, 3.8) is 0 Å². The summed E-state index contributed by atoms with van der Waals surface area (Å²) in [6, 6.07) is 96.0. The second-order valence-electron chi connectivity index (χ2n) is 19.2. The summed E-state index contributed by atoms with van der Waals surface area (Å²) in [6.07, 6.45) is 18.0. The van der Waals surface area contributed by atoms with Gasteiger partial charge in [0.25, 0.3) is 0 Å². The molecule has 0 aromatic heterocycles. The Kier molecular flexibility index (Phi) is 13.9. The van der Waals surface area contributed by atoms with Gasteiger partial charge in [-0.15, -0.1) is 0 Å². The van der Waals surface area contributed by atoms with Gasteiger partial charge in [0.2, 0.25) is 0 Å². The van der Waals surface area contributed by atoms with Gasteiger partial charge in [0.05, 0.1) is 0 Å². The van der Waals surface area contributed by atoms with Crippen molar-refractivity contribution in [1.82, 2.24) is 0 Å². The third-order valence-corrected chi connectivity index (χ3v) is 14.3. The molecule has 0 atom stereocenters. The lowest BCUT2D eigenvalue weighted by atomic mass is 10.0. The lowest BCUT2D eigenvalue weighted by Crippen LogP contribution is -2.16. The third kappa shape index (κ3) is 10.3. The fourth-order valence-electron chi connectivity index (χ4n) is 10.4. The molecular weight excluding hydrogens is 921 g/mol. The number of benzene rings is 10. The molecular formula is C72H58N4. The van der Waals surface area contributed by atoms with Gasteiger partial charge in [0.15, 0.2) is 0 Å². The summed E-state index contributed by atoms with van der Waals surface area (Å²) in [7, 11) is 0. The van der Waals surface area contributed by atoms with Crippen molar-refractivity contribution >= 4 is 56.9 Å². The summed E-state index contributed by atoms with van der Waals surface area (Å²) in [6.45, 7) is 0. The molecule has 76 heavy (non-hydrogen) atoms. The van der Waals surface area contributed by atoms with Gasteiger partial charge in [-0.3, -0.25) is 0 Å². The summed E-state index contributed by atoms with van der Waals surface area (Å²) < 4.78 is 0. The van der Waals surface area contributed by atoms with Crippen LogP contribution in [0.2, 0.25) is 0 Å². The molecule has 0 bridgehead atoms. The van der Waals surface area contributed by atoms with Crippen LogP contribution in [0, 0.1) is 0 Å². The van der Waals surface area contributed by atoms with E-state index in [1.165, 1.54) is 33.6 Å². The van der Waals surface area contributed by atoms with Crippen LogP contribution in [-0.4, -0.2) is 0 Å². The molecule has 0 fully saturated rings. The lowest BCUT2D eigenvalue weighted by molar-refractivity contribution is 0.997. The van der Waals surface area contributed by atoms with E-state index in [1.54, 1.807) is 0 Å². The Hall–Kier alpha value is -9.64. The van der Waals surface area contributed by atoms with Crippen molar-refractivity contribution < 1.29 is 0 Å². The van der Waals surface area contributed by atoms with Gasteiger partial charge in [0.1, 0.15) is 0 Å². The maximum Gasteiger partial charge on any atom is 0.0462 e. The third-order valence-electron chi connectivity index (χ3n) is 14.3. The molecule has 0 radical (unpaired) electrons. The van der Waals surface area contributed by atoms with E-state index < -0.39 is 0 Å². The molecule has 0 saturated heterocycles. The van der Waals surface area contributed by atoms with Gasteiger partial charge in [-0.1, -0.05) is 170 Å². The zero-order valence-electron chi connectivity index (χ0n) is 42.5. The van der Waals surface area contributed by atoms with E-state index in [0.717, 1.165) is 93.7 Å². The summed E-state index contributed by atoms with van der Waals surface area (Å²) >= 11 is 0. The smallest absolute Gasteiger partial charge is 0.0462 e. The highest BCUT2D eigenvalue weighted by molar-refractivity contribution is 5.83. The molecule has 4 nitrogen and oxygen atoms in total. The van der Waals surface area contributed by atoms with Crippen LogP contribution < -0.4 is 19.6 Å². The molecule has 0 heterocycles. The Morgan fingerprint density at radius 1 is 0.184 bits per heavy atom. The maximum atomic E-state index is 2.38. The normalized spacial score (nSPS) is 12.8. The molecule has 366 valence electrons. The van der Waals surface area contributed by atoms with E-state index >= 15 is 0 Å². The Bertz CT molecular complexity index is 3580. The predicted molar refractivity (Wildman–Crippen MR) is 322 cm³/mol. The van der Waals surface area contributed by atoms with Crippen molar-refractivity contribution in [2.24, 2.45) is 0 Å². The molecule has 0 amide bonds. The fraction of sp³-hybridized carbons (Fsp3) is 0.0556. The Morgan fingerprint density at radius 2 is 0.382 bits per heavy atom. The van der Waals surface area contributed by atoms with Crippen LogP contribution >= 0.6 is 0 Å². The first-order valence-corrected chi connectivity index (χ1v) is 26.5. The molecule has 4 heteroatoms. The second kappa shape index (κ2) is 22.2. The molecule has 0 unspecified atom stereocenters. The number of anilines is 10. The number of hydrogen-bond donors (Lipinski definition) is 0. The first-order valence-electron chi connectivity index (χ1n) is 26.5. The predicted octanol–water partition coefficient (Wildman–Crippen LogP) is 20.4. The molecule has 10 aromatic carbocycles. The first kappa shape index (κ1) is 47.4. The summed E-state index contributed by atoms with van der Waals surface area (Å²) in [5, 5.41) is 0. The highest BCUT2D eigenvalue weighted by Crippen LogP contribution is 2.41. The second-order valence-corrected chi connectivity index (χ2v) is 19.2. The van der Waals surface area contributed by atoms with Crippen molar-refractivity contribution in [1.29, 1.82) is 0 Å². The lowest BCUT2D eigenvalue weighted by Gasteiger charge is -2.28. The Morgan fingerprint density at radius 3 is 0.592 bits per heavy atom. The standard InChI is InChI=1S/C72H58N4/c1-7-19-61(20-8-1)73(62-21-9-2-10-22-62)67-43-31-55(32-44-67)57-35-47-69(48-36-57)75(65-27-15-5-16-28-65)71-51-39-59(40-52-71)60-41-53-72(54-42-60)76(66-29-17-6-18-30-66)70-49-37-58(38-50-70)56-33-45-68(46-34-56)74(63-23-11-3-12-24-63)64-25-13-4-14-26-64/h1-3,5,7-13,15-17,19-54H,4,6,14,18H2. The fourth-order valence-corrected chi connectivity index (χ4v) is 10.4. The molecule has 12 rings (SSSR count). The average molecular weight is 979 g/mol. The number of allylic oxidation sites excluding steroid dienone is 6. The van der Waals surface area contributed by atoms with Crippen LogP contribution in [0.4, 0.5) is 56.9 Å². The Balaban J connectivity index is 0.769. The Labute approximate surface area is 448 Å². The average Bonchev–Trinajstić information content (AvgIpc) is 3.51. The number of para-hydroxylation sites is 4. The van der Waals surface area contributed by atoms with E-state index in [0.29, 0.717) is 0 Å². The minimum absolute atomic E-state index is 1.02. The van der Waals surface area contributed by atoms with Crippen molar-refractivity contribution in [3.8, 4) is 33.4 Å². The quantitative estimate of drug-likeness (QED) is 0.101. The monoisotopic (exact) mass is 978 g/mol. The van der Waals surface area contributed by atoms with Crippen molar-refractivity contribution in [3.05, 3.63) is 315 Å². The molecule has 0 N–H and O–H groups in total. The highest BCUT2D eigenvalue weighted by atomic mass is 15.2. The van der Waals surface area contributed by atoms with E-state index in [9.17, 15) is 0 Å². The topological polar surface area (TPSA) is 13.0 Å². The van der Waals surface area contributed by atoms with E-state index in [1.807, 2.05) is 0 Å². The summed E-state index contributed by atoms with van der Waals surface area (Å²) in [5.74, 6) is 0. The highest BCUT2D eigenvalue weighted by Gasteiger charge is 2.19. The zero-order valence-corrected chi connectivity index (χ0v) is 42.5. The number of rotatable bonds is 15. The van der Waals surface area contributed by atoms with Crippen LogP contribution in [0.15, 0.2) is 315 Å². The SMILES string of the molecule is C1=CC(N(c2ccccc2)c2ccc(-c3ccc(N(C4=CCCC=C4)c4ccc(-c5ccc(N(c6ccccc6)c6ccc(-c7ccc(N(c8ccccc8)c8ccccc8)cc7)cc6)cc5)cc4)cc3)cc2)=CCC1. The zero-order chi connectivity index (χ0) is 50.9. The molecule has 2 aliphatic rings. The molecule has 0 aliphatic heterocycles. The maximum absolute atomic E-state index is 2.38. The molecule has 0 saturated carbocycles.